The first-order valence-corrected chi connectivity index (χ1v) is 8.18. The second-order valence-electron chi connectivity index (χ2n) is 6.13. The summed E-state index contributed by atoms with van der Waals surface area (Å²) >= 11 is 0. The minimum Gasteiger partial charge on any atom is -0.326 e. The third-order valence-electron chi connectivity index (χ3n) is 4.08. The van der Waals surface area contributed by atoms with Crippen LogP contribution in [0, 0.1) is 5.92 Å². The Kier molecular flexibility index (Phi) is 3.89. The van der Waals surface area contributed by atoms with Gasteiger partial charge in [0.1, 0.15) is 12.1 Å². The minimum atomic E-state index is -0.207. The zero-order chi connectivity index (χ0) is 17.2. The fraction of sp³-hybridized carbons (Fsp3) is 0.222. The highest BCUT2D eigenvalue weighted by atomic mass is 16.2. The van der Waals surface area contributed by atoms with Gasteiger partial charge in [-0.3, -0.25) is 9.59 Å². The predicted octanol–water partition coefficient (Wildman–Crippen LogP) is 2.42. The van der Waals surface area contributed by atoms with Gasteiger partial charge in [-0.1, -0.05) is 23.4 Å². The molecule has 0 unspecified atom stereocenters. The molecule has 7 heteroatoms. The molecule has 0 aliphatic heterocycles. The number of nitrogens with zero attached hydrogens (tertiary/aromatic N) is 3. The molecule has 0 radical (unpaired) electrons. The maximum Gasteiger partial charge on any atom is 0.246 e. The summed E-state index contributed by atoms with van der Waals surface area (Å²) in [5.41, 5.74) is 2.87. The Hall–Kier alpha value is -3.22. The molecular formula is C18H17N5O2. The molecule has 4 rings (SSSR count). The van der Waals surface area contributed by atoms with Crippen molar-refractivity contribution in [1.82, 2.24) is 15.0 Å². The molecule has 2 N–H and O–H groups in total. The molecule has 1 heterocycles. The van der Waals surface area contributed by atoms with E-state index in [-0.39, 0.29) is 24.3 Å². The van der Waals surface area contributed by atoms with Gasteiger partial charge in [-0.2, -0.15) is 0 Å². The number of fused-ring (bicyclic) bond motifs is 1. The fourth-order valence-electron chi connectivity index (χ4n) is 2.64. The van der Waals surface area contributed by atoms with Crippen molar-refractivity contribution in [1.29, 1.82) is 0 Å². The summed E-state index contributed by atoms with van der Waals surface area (Å²) in [5, 5.41) is 13.7. The second kappa shape index (κ2) is 6.35. The van der Waals surface area contributed by atoms with E-state index >= 15 is 0 Å². The van der Waals surface area contributed by atoms with E-state index in [0.29, 0.717) is 11.4 Å². The molecule has 25 heavy (non-hydrogen) atoms. The largest absolute Gasteiger partial charge is 0.326 e. The molecule has 1 saturated carbocycles. The highest BCUT2D eigenvalue weighted by molar-refractivity contribution is 5.96. The standard InChI is InChI=1S/C18H17N5O2/c24-17(11-23-16-7-2-1-6-15(16)21-22-23)19-13-4-3-5-14(10-13)20-18(25)12-8-9-12/h1-7,10,12H,8-9,11H2,(H,19,24)(H,20,25). The molecule has 0 atom stereocenters. The van der Waals surface area contributed by atoms with Crippen molar-refractivity contribution in [2.45, 2.75) is 19.4 Å². The Morgan fingerprint density at radius 2 is 1.80 bits per heavy atom. The Bertz CT molecular complexity index is 945. The van der Waals surface area contributed by atoms with Gasteiger partial charge in [0.25, 0.3) is 0 Å². The van der Waals surface area contributed by atoms with Crippen LogP contribution in [0.5, 0.6) is 0 Å². The van der Waals surface area contributed by atoms with Gasteiger partial charge < -0.3 is 10.6 Å². The van der Waals surface area contributed by atoms with E-state index in [9.17, 15) is 9.59 Å². The van der Waals surface area contributed by atoms with Gasteiger partial charge in [-0.05, 0) is 43.2 Å². The summed E-state index contributed by atoms with van der Waals surface area (Å²) in [4.78, 5) is 24.1. The number of carbonyl (C=O) groups is 2. The maximum atomic E-state index is 12.3. The Morgan fingerprint density at radius 3 is 2.60 bits per heavy atom. The number of nitrogens with one attached hydrogen (secondary N) is 2. The molecule has 2 aromatic carbocycles. The van der Waals surface area contributed by atoms with Gasteiger partial charge >= 0.3 is 0 Å². The van der Waals surface area contributed by atoms with Crippen molar-refractivity contribution in [2.24, 2.45) is 5.92 Å². The smallest absolute Gasteiger partial charge is 0.246 e. The van der Waals surface area contributed by atoms with Crippen LogP contribution in [0.15, 0.2) is 48.5 Å². The zero-order valence-electron chi connectivity index (χ0n) is 13.5. The lowest BCUT2D eigenvalue weighted by Crippen LogP contribution is -2.20. The third kappa shape index (κ3) is 3.50. The summed E-state index contributed by atoms with van der Waals surface area (Å²) in [6, 6.07) is 14.6. The molecule has 1 aliphatic carbocycles. The highest BCUT2D eigenvalue weighted by Gasteiger charge is 2.29. The van der Waals surface area contributed by atoms with Gasteiger partial charge in [0, 0.05) is 17.3 Å². The van der Waals surface area contributed by atoms with Crippen molar-refractivity contribution in [2.75, 3.05) is 10.6 Å². The normalized spacial score (nSPS) is 13.6. The average Bonchev–Trinajstić information content (AvgIpc) is 3.38. The Labute approximate surface area is 144 Å². The van der Waals surface area contributed by atoms with E-state index in [1.165, 1.54) is 0 Å². The number of rotatable bonds is 5. The first kappa shape index (κ1) is 15.3. The van der Waals surface area contributed by atoms with E-state index in [4.69, 9.17) is 0 Å². The molecule has 1 fully saturated rings. The van der Waals surface area contributed by atoms with Crippen LogP contribution in [0.3, 0.4) is 0 Å². The van der Waals surface area contributed by atoms with Gasteiger partial charge in [-0.15, -0.1) is 5.10 Å². The van der Waals surface area contributed by atoms with Crippen LogP contribution < -0.4 is 10.6 Å². The lowest BCUT2D eigenvalue weighted by molar-refractivity contribution is -0.117. The van der Waals surface area contributed by atoms with Crippen LogP contribution in [0.25, 0.3) is 11.0 Å². The number of amides is 2. The number of aromatic nitrogens is 3. The topological polar surface area (TPSA) is 88.9 Å². The average molecular weight is 335 g/mol. The number of benzene rings is 2. The molecule has 1 aliphatic rings. The first-order chi connectivity index (χ1) is 12.2. The van der Waals surface area contributed by atoms with Gasteiger partial charge in [0.2, 0.25) is 11.8 Å². The second-order valence-corrected chi connectivity index (χ2v) is 6.13. The van der Waals surface area contributed by atoms with Crippen molar-refractivity contribution in [3.63, 3.8) is 0 Å². The third-order valence-corrected chi connectivity index (χ3v) is 4.08. The van der Waals surface area contributed by atoms with Crippen LogP contribution in [-0.4, -0.2) is 26.8 Å². The first-order valence-electron chi connectivity index (χ1n) is 8.18. The molecule has 126 valence electrons. The van der Waals surface area contributed by atoms with E-state index in [1.54, 1.807) is 28.9 Å². The zero-order valence-corrected chi connectivity index (χ0v) is 13.5. The monoisotopic (exact) mass is 335 g/mol. The van der Waals surface area contributed by atoms with Crippen molar-refractivity contribution >= 4 is 34.2 Å². The highest BCUT2D eigenvalue weighted by Crippen LogP contribution is 2.30. The number of para-hydroxylation sites is 1. The number of hydrogen-bond donors (Lipinski definition) is 2. The summed E-state index contributed by atoms with van der Waals surface area (Å²) in [6.45, 7) is 0.0686. The lowest BCUT2D eigenvalue weighted by atomic mass is 10.2. The molecule has 0 spiro atoms. The van der Waals surface area contributed by atoms with E-state index in [0.717, 1.165) is 23.9 Å². The maximum absolute atomic E-state index is 12.3. The SMILES string of the molecule is O=C(Cn1nnc2ccccc21)Nc1cccc(NC(=O)C2CC2)c1. The molecule has 3 aromatic rings. The van der Waals surface area contributed by atoms with Gasteiger partial charge in [0.15, 0.2) is 0 Å². The molecule has 0 saturated heterocycles. The van der Waals surface area contributed by atoms with Crippen LogP contribution in [0.2, 0.25) is 0 Å². The molecule has 2 amide bonds. The van der Waals surface area contributed by atoms with Crippen LogP contribution >= 0.6 is 0 Å². The van der Waals surface area contributed by atoms with Crippen LogP contribution in [0.4, 0.5) is 11.4 Å². The number of hydrogen-bond acceptors (Lipinski definition) is 4. The molecule has 0 bridgehead atoms. The quantitative estimate of drug-likeness (QED) is 0.749. The number of anilines is 2. The van der Waals surface area contributed by atoms with Crippen molar-refractivity contribution in [3.05, 3.63) is 48.5 Å². The number of carbonyl (C=O) groups excluding carboxylic acids is 2. The summed E-state index contributed by atoms with van der Waals surface area (Å²) < 4.78 is 1.56. The Morgan fingerprint density at radius 1 is 1.04 bits per heavy atom. The van der Waals surface area contributed by atoms with Gasteiger partial charge in [-0.25, -0.2) is 4.68 Å². The minimum absolute atomic E-state index is 0.0394. The Balaban J connectivity index is 1.42. The summed E-state index contributed by atoms with van der Waals surface area (Å²) in [7, 11) is 0. The van der Waals surface area contributed by atoms with Crippen LogP contribution in [-0.2, 0) is 16.1 Å². The van der Waals surface area contributed by atoms with E-state index < -0.39 is 0 Å². The van der Waals surface area contributed by atoms with E-state index in [2.05, 4.69) is 20.9 Å². The summed E-state index contributed by atoms with van der Waals surface area (Å²) in [6.07, 6.45) is 1.91. The van der Waals surface area contributed by atoms with Crippen molar-refractivity contribution < 1.29 is 9.59 Å². The lowest BCUT2D eigenvalue weighted by Gasteiger charge is -2.09. The van der Waals surface area contributed by atoms with Gasteiger partial charge in [0.05, 0.1) is 5.52 Å². The molecule has 7 nitrogen and oxygen atoms in total. The molecular weight excluding hydrogens is 318 g/mol. The summed E-state index contributed by atoms with van der Waals surface area (Å²) in [5.74, 6) is -0.0299. The molecule has 1 aromatic heterocycles. The predicted molar refractivity (Wildman–Crippen MR) is 94.0 cm³/mol. The van der Waals surface area contributed by atoms with Crippen molar-refractivity contribution in [3.8, 4) is 0 Å². The van der Waals surface area contributed by atoms with Crippen LogP contribution in [0.1, 0.15) is 12.8 Å². The fourth-order valence-corrected chi connectivity index (χ4v) is 2.64. The van der Waals surface area contributed by atoms with E-state index in [1.807, 2.05) is 24.3 Å².